The standard InChI is InChI=1S/C6H10BrF/c7-5-3-1-2-4-6(5)8/h5-6H,1-4H2/t5?,6-/m0/s1. The molecule has 1 aliphatic carbocycles. The van der Waals surface area contributed by atoms with Crippen LogP contribution in [0.4, 0.5) is 4.39 Å². The van der Waals surface area contributed by atoms with Gasteiger partial charge in [-0.05, 0) is 12.8 Å². The lowest BCUT2D eigenvalue weighted by atomic mass is 9.99. The molecule has 0 aromatic heterocycles. The Morgan fingerprint density at radius 2 is 1.88 bits per heavy atom. The molecular weight excluding hydrogens is 171 g/mol. The highest BCUT2D eigenvalue weighted by Crippen LogP contribution is 2.26. The molecule has 1 fully saturated rings. The zero-order valence-electron chi connectivity index (χ0n) is 4.74. The topological polar surface area (TPSA) is 0 Å². The zero-order valence-corrected chi connectivity index (χ0v) is 6.33. The highest BCUT2D eigenvalue weighted by atomic mass is 79.9. The van der Waals surface area contributed by atoms with Crippen LogP contribution >= 0.6 is 15.9 Å². The number of hydrogen-bond donors (Lipinski definition) is 0. The molecule has 0 aromatic carbocycles. The first kappa shape index (κ1) is 6.53. The normalized spacial score (nSPS) is 39.8. The lowest BCUT2D eigenvalue weighted by molar-refractivity contribution is 0.263. The smallest absolute Gasteiger partial charge is 0.113 e. The lowest BCUT2D eigenvalue weighted by Gasteiger charge is -2.19. The van der Waals surface area contributed by atoms with E-state index >= 15 is 0 Å². The van der Waals surface area contributed by atoms with E-state index in [1.165, 1.54) is 6.42 Å². The van der Waals surface area contributed by atoms with Crippen LogP contribution in [-0.4, -0.2) is 11.0 Å². The van der Waals surface area contributed by atoms with Crippen LogP contribution < -0.4 is 0 Å². The van der Waals surface area contributed by atoms with E-state index in [0.717, 1.165) is 19.3 Å². The van der Waals surface area contributed by atoms with Gasteiger partial charge in [0.25, 0.3) is 0 Å². The van der Waals surface area contributed by atoms with Crippen LogP contribution in [0.5, 0.6) is 0 Å². The molecule has 0 N–H and O–H groups in total. The van der Waals surface area contributed by atoms with Crippen molar-refractivity contribution in [1.29, 1.82) is 0 Å². The van der Waals surface area contributed by atoms with Gasteiger partial charge in [0.1, 0.15) is 6.17 Å². The second-order valence-electron chi connectivity index (χ2n) is 2.32. The summed E-state index contributed by atoms with van der Waals surface area (Å²) in [5.74, 6) is 0. The van der Waals surface area contributed by atoms with E-state index in [4.69, 9.17) is 0 Å². The van der Waals surface area contributed by atoms with Crippen molar-refractivity contribution in [2.24, 2.45) is 0 Å². The van der Waals surface area contributed by atoms with E-state index in [-0.39, 0.29) is 4.83 Å². The highest BCUT2D eigenvalue weighted by molar-refractivity contribution is 9.09. The maximum absolute atomic E-state index is 12.5. The molecule has 1 saturated carbocycles. The first-order valence-electron chi connectivity index (χ1n) is 3.09. The molecule has 2 atom stereocenters. The fourth-order valence-corrected chi connectivity index (χ4v) is 1.63. The first-order chi connectivity index (χ1) is 3.80. The van der Waals surface area contributed by atoms with Crippen LogP contribution in [0, 0.1) is 0 Å². The van der Waals surface area contributed by atoms with Crippen LogP contribution in [0.3, 0.4) is 0 Å². The maximum atomic E-state index is 12.5. The molecule has 0 aromatic rings. The van der Waals surface area contributed by atoms with Gasteiger partial charge in [0.2, 0.25) is 0 Å². The van der Waals surface area contributed by atoms with Gasteiger partial charge in [-0.3, -0.25) is 0 Å². The molecule has 0 heterocycles. The third-order valence-corrected chi connectivity index (χ3v) is 2.63. The van der Waals surface area contributed by atoms with Gasteiger partial charge in [0, 0.05) is 4.83 Å². The summed E-state index contributed by atoms with van der Waals surface area (Å²) in [7, 11) is 0. The third kappa shape index (κ3) is 1.44. The monoisotopic (exact) mass is 180 g/mol. The van der Waals surface area contributed by atoms with E-state index in [1.54, 1.807) is 0 Å². The van der Waals surface area contributed by atoms with Crippen molar-refractivity contribution in [3.63, 3.8) is 0 Å². The van der Waals surface area contributed by atoms with Gasteiger partial charge in [0.15, 0.2) is 0 Å². The predicted octanol–water partition coefficient (Wildman–Crippen LogP) is 2.66. The molecule has 1 rings (SSSR count). The summed E-state index contributed by atoms with van der Waals surface area (Å²) in [6, 6.07) is 0. The molecule has 0 bridgehead atoms. The maximum Gasteiger partial charge on any atom is 0.113 e. The molecule has 0 amide bonds. The Balaban J connectivity index is 2.28. The van der Waals surface area contributed by atoms with E-state index in [9.17, 15) is 4.39 Å². The molecule has 0 saturated heterocycles. The summed E-state index contributed by atoms with van der Waals surface area (Å²) >= 11 is 3.28. The Bertz CT molecular complexity index is 64.9. The fourth-order valence-electron chi connectivity index (χ4n) is 1.04. The predicted molar refractivity (Wildman–Crippen MR) is 36.1 cm³/mol. The summed E-state index contributed by atoms with van der Waals surface area (Å²) < 4.78 is 12.5. The van der Waals surface area contributed by atoms with Gasteiger partial charge in [-0.15, -0.1) is 0 Å². The molecule has 1 unspecified atom stereocenters. The number of alkyl halides is 2. The van der Waals surface area contributed by atoms with Gasteiger partial charge in [0.05, 0.1) is 0 Å². The molecule has 48 valence electrons. The van der Waals surface area contributed by atoms with E-state index < -0.39 is 6.17 Å². The Morgan fingerprint density at radius 1 is 1.25 bits per heavy atom. The Kier molecular flexibility index (Phi) is 2.29. The molecule has 0 radical (unpaired) electrons. The Hall–Kier alpha value is 0.410. The van der Waals surface area contributed by atoms with Crippen molar-refractivity contribution in [2.45, 2.75) is 36.7 Å². The minimum absolute atomic E-state index is 0.149. The van der Waals surface area contributed by atoms with Crippen LogP contribution in [0.2, 0.25) is 0 Å². The molecule has 0 spiro atoms. The van der Waals surface area contributed by atoms with Crippen LogP contribution in [0.25, 0.3) is 0 Å². The van der Waals surface area contributed by atoms with E-state index in [0.29, 0.717) is 0 Å². The van der Waals surface area contributed by atoms with Crippen LogP contribution in [-0.2, 0) is 0 Å². The van der Waals surface area contributed by atoms with Crippen LogP contribution in [0.1, 0.15) is 25.7 Å². The van der Waals surface area contributed by atoms with Gasteiger partial charge in [-0.2, -0.15) is 0 Å². The first-order valence-corrected chi connectivity index (χ1v) is 4.00. The largest absolute Gasteiger partial charge is 0.246 e. The average molecular weight is 181 g/mol. The van der Waals surface area contributed by atoms with Crippen molar-refractivity contribution < 1.29 is 4.39 Å². The molecular formula is C6H10BrF. The summed E-state index contributed by atoms with van der Waals surface area (Å²) in [4.78, 5) is 0.149. The molecule has 2 heteroatoms. The van der Waals surface area contributed by atoms with E-state index in [1.807, 2.05) is 0 Å². The van der Waals surface area contributed by atoms with Crippen molar-refractivity contribution >= 4 is 15.9 Å². The second kappa shape index (κ2) is 2.81. The van der Waals surface area contributed by atoms with Gasteiger partial charge in [-0.1, -0.05) is 28.8 Å². The molecule has 1 aliphatic rings. The minimum atomic E-state index is -0.580. The summed E-state index contributed by atoms with van der Waals surface area (Å²) in [5, 5.41) is 0. The number of hydrogen-bond acceptors (Lipinski definition) is 0. The Morgan fingerprint density at radius 3 is 2.25 bits per heavy atom. The lowest BCUT2D eigenvalue weighted by Crippen LogP contribution is -2.19. The van der Waals surface area contributed by atoms with Crippen molar-refractivity contribution in [3.8, 4) is 0 Å². The average Bonchev–Trinajstić information content (AvgIpc) is 1.77. The number of halogens is 2. The quantitative estimate of drug-likeness (QED) is 0.504. The summed E-state index contributed by atoms with van der Waals surface area (Å²) in [6.45, 7) is 0. The minimum Gasteiger partial charge on any atom is -0.246 e. The van der Waals surface area contributed by atoms with Crippen molar-refractivity contribution in [2.75, 3.05) is 0 Å². The van der Waals surface area contributed by atoms with Gasteiger partial charge in [-0.25, -0.2) is 4.39 Å². The second-order valence-corrected chi connectivity index (χ2v) is 3.49. The van der Waals surface area contributed by atoms with E-state index in [2.05, 4.69) is 15.9 Å². The summed E-state index contributed by atoms with van der Waals surface area (Å²) in [6.07, 6.45) is 3.46. The summed E-state index contributed by atoms with van der Waals surface area (Å²) in [5.41, 5.74) is 0. The molecule has 0 nitrogen and oxygen atoms in total. The third-order valence-electron chi connectivity index (χ3n) is 1.60. The van der Waals surface area contributed by atoms with Crippen LogP contribution in [0.15, 0.2) is 0 Å². The van der Waals surface area contributed by atoms with Gasteiger partial charge >= 0.3 is 0 Å². The van der Waals surface area contributed by atoms with Crippen molar-refractivity contribution in [1.82, 2.24) is 0 Å². The van der Waals surface area contributed by atoms with Crippen molar-refractivity contribution in [3.05, 3.63) is 0 Å². The molecule has 8 heavy (non-hydrogen) atoms. The zero-order chi connectivity index (χ0) is 5.98. The molecule has 0 aliphatic heterocycles. The SMILES string of the molecule is F[C@H]1CCCCC1Br. The Labute approximate surface area is 57.6 Å². The fraction of sp³-hybridized carbons (Fsp3) is 1.00. The van der Waals surface area contributed by atoms with Gasteiger partial charge < -0.3 is 0 Å². The number of rotatable bonds is 0. The highest BCUT2D eigenvalue weighted by Gasteiger charge is 2.21.